The van der Waals surface area contributed by atoms with Crippen LogP contribution in [0.25, 0.3) is 0 Å². The molecule has 2 amide bonds. The fraction of sp³-hybridized carbons (Fsp3) is 0.259. The van der Waals surface area contributed by atoms with E-state index in [2.05, 4.69) is 0 Å². The SMILES string of the molecule is CCOC(=O)c1sc(N2C(=O)[C@@H]3[C@H](ON(c4ccccc4)[C@@H]3c3ccccc3)C2=O)c(C(=O)OC)c1C. The standard InChI is InChI=1S/C27H24N2O7S/c1-4-35-27(33)22-15(2)18(26(32)34-3)25(37-22)28-23(30)19-20(16-11-7-5-8-12-16)29(36-21(19)24(28)31)17-13-9-6-10-14-17/h5-14,19-21H,4H2,1-3H3/t19-,20+,21-/m0/s1. The largest absolute Gasteiger partial charge is 0.465 e. The Morgan fingerprint density at radius 3 is 2.24 bits per heavy atom. The Hall–Kier alpha value is -4.02. The molecule has 37 heavy (non-hydrogen) atoms. The monoisotopic (exact) mass is 520 g/mol. The topological polar surface area (TPSA) is 102 Å². The lowest BCUT2D eigenvalue weighted by Crippen LogP contribution is -2.37. The number of fused-ring (bicyclic) bond motifs is 1. The van der Waals surface area contributed by atoms with E-state index in [0.717, 1.165) is 21.8 Å². The summed E-state index contributed by atoms with van der Waals surface area (Å²) in [5.41, 5.74) is 1.76. The molecule has 2 saturated heterocycles. The van der Waals surface area contributed by atoms with Gasteiger partial charge in [-0.15, -0.1) is 11.3 Å². The number of nitrogens with zero attached hydrogens (tertiary/aromatic N) is 2. The predicted molar refractivity (Wildman–Crippen MR) is 135 cm³/mol. The Morgan fingerprint density at radius 2 is 1.62 bits per heavy atom. The molecule has 2 aliphatic rings. The van der Waals surface area contributed by atoms with Gasteiger partial charge in [0.05, 0.1) is 31.0 Å². The highest BCUT2D eigenvalue weighted by atomic mass is 32.1. The van der Waals surface area contributed by atoms with Crippen LogP contribution in [0.5, 0.6) is 0 Å². The van der Waals surface area contributed by atoms with Crippen molar-refractivity contribution in [3.05, 3.63) is 82.2 Å². The first-order valence-electron chi connectivity index (χ1n) is 11.7. The number of thiophene rings is 1. The van der Waals surface area contributed by atoms with E-state index in [4.69, 9.17) is 14.3 Å². The molecule has 3 aromatic rings. The molecule has 190 valence electrons. The van der Waals surface area contributed by atoms with Crippen molar-refractivity contribution in [1.29, 1.82) is 0 Å². The number of carbonyl (C=O) groups is 4. The molecule has 9 nitrogen and oxygen atoms in total. The lowest BCUT2D eigenvalue weighted by Gasteiger charge is -2.28. The fourth-order valence-corrected chi connectivity index (χ4v) is 5.99. The first kappa shape index (κ1) is 24.7. The number of anilines is 2. The van der Waals surface area contributed by atoms with Crippen LogP contribution in [0.2, 0.25) is 0 Å². The Balaban J connectivity index is 1.60. The number of hydrogen-bond acceptors (Lipinski definition) is 9. The van der Waals surface area contributed by atoms with Crippen molar-refractivity contribution in [3.63, 3.8) is 0 Å². The first-order chi connectivity index (χ1) is 17.9. The average molecular weight is 521 g/mol. The molecule has 2 aromatic carbocycles. The zero-order valence-electron chi connectivity index (χ0n) is 20.4. The van der Waals surface area contributed by atoms with E-state index in [-0.39, 0.29) is 27.6 Å². The molecule has 0 radical (unpaired) electrons. The van der Waals surface area contributed by atoms with Crippen LogP contribution in [0.15, 0.2) is 60.7 Å². The van der Waals surface area contributed by atoms with Crippen LogP contribution in [-0.4, -0.2) is 43.6 Å². The molecule has 2 fully saturated rings. The predicted octanol–water partition coefficient (Wildman–Crippen LogP) is 4.07. The number of benzene rings is 2. The van der Waals surface area contributed by atoms with Gasteiger partial charge in [0.15, 0.2) is 6.10 Å². The minimum Gasteiger partial charge on any atom is -0.465 e. The number of methoxy groups -OCH3 is 1. The van der Waals surface area contributed by atoms with Crippen LogP contribution in [0.3, 0.4) is 0 Å². The first-order valence-corrected chi connectivity index (χ1v) is 12.5. The number of hydrogen-bond donors (Lipinski definition) is 0. The quantitative estimate of drug-likeness (QED) is 0.354. The van der Waals surface area contributed by atoms with Gasteiger partial charge in [0.1, 0.15) is 15.8 Å². The van der Waals surface area contributed by atoms with Crippen LogP contribution < -0.4 is 9.96 Å². The molecule has 5 rings (SSSR count). The van der Waals surface area contributed by atoms with Crippen LogP contribution >= 0.6 is 11.3 Å². The van der Waals surface area contributed by atoms with Crippen molar-refractivity contribution in [2.45, 2.75) is 26.0 Å². The number of amides is 2. The Labute approximate surface area is 217 Å². The molecule has 0 aliphatic carbocycles. The van der Waals surface area contributed by atoms with E-state index in [1.165, 1.54) is 7.11 Å². The summed E-state index contributed by atoms with van der Waals surface area (Å²) in [4.78, 5) is 60.2. The Morgan fingerprint density at radius 1 is 0.973 bits per heavy atom. The number of rotatable bonds is 6. The minimum atomic E-state index is -1.11. The lowest BCUT2D eigenvalue weighted by atomic mass is 9.90. The second-order valence-corrected chi connectivity index (χ2v) is 9.53. The van der Waals surface area contributed by atoms with Crippen molar-refractivity contribution in [3.8, 4) is 0 Å². The molecule has 0 spiro atoms. The molecule has 3 atom stereocenters. The smallest absolute Gasteiger partial charge is 0.348 e. The van der Waals surface area contributed by atoms with Crippen LogP contribution in [-0.2, 0) is 23.9 Å². The van der Waals surface area contributed by atoms with Gasteiger partial charge in [0.25, 0.3) is 5.91 Å². The molecule has 10 heteroatoms. The van der Waals surface area contributed by atoms with E-state index < -0.39 is 41.8 Å². The lowest BCUT2D eigenvalue weighted by molar-refractivity contribution is -0.126. The molecule has 2 aliphatic heterocycles. The number of hydroxylamine groups is 1. The fourth-order valence-electron chi connectivity index (χ4n) is 4.79. The van der Waals surface area contributed by atoms with Crippen molar-refractivity contribution >= 4 is 45.8 Å². The van der Waals surface area contributed by atoms with Crippen LogP contribution in [0, 0.1) is 12.8 Å². The van der Waals surface area contributed by atoms with Crippen LogP contribution in [0.1, 0.15) is 44.1 Å². The normalized spacial score (nSPS) is 20.8. The van der Waals surface area contributed by atoms with Gasteiger partial charge in [-0.1, -0.05) is 48.5 Å². The van der Waals surface area contributed by atoms with Gasteiger partial charge in [-0.3, -0.25) is 14.4 Å². The summed E-state index contributed by atoms with van der Waals surface area (Å²) in [5.74, 6) is -3.42. The average Bonchev–Trinajstić information content (AvgIpc) is 3.55. The summed E-state index contributed by atoms with van der Waals surface area (Å²) in [6.07, 6.45) is -1.11. The second-order valence-electron chi connectivity index (χ2n) is 8.53. The third-order valence-electron chi connectivity index (χ3n) is 6.45. The van der Waals surface area contributed by atoms with Gasteiger partial charge in [0, 0.05) is 0 Å². The molecule has 0 N–H and O–H groups in total. The van der Waals surface area contributed by atoms with E-state index in [1.54, 1.807) is 18.9 Å². The highest BCUT2D eigenvalue weighted by Crippen LogP contribution is 2.49. The van der Waals surface area contributed by atoms with Crippen molar-refractivity contribution in [2.75, 3.05) is 23.7 Å². The van der Waals surface area contributed by atoms with Crippen molar-refractivity contribution < 1.29 is 33.5 Å². The van der Waals surface area contributed by atoms with Gasteiger partial charge in [0.2, 0.25) is 5.91 Å². The van der Waals surface area contributed by atoms with Gasteiger partial charge in [-0.05, 0) is 37.1 Å². The molecule has 1 aromatic heterocycles. The van der Waals surface area contributed by atoms with Gasteiger partial charge in [-0.2, -0.15) is 0 Å². The highest BCUT2D eigenvalue weighted by molar-refractivity contribution is 7.19. The molecular weight excluding hydrogens is 496 g/mol. The summed E-state index contributed by atoms with van der Waals surface area (Å²) < 4.78 is 10.0. The van der Waals surface area contributed by atoms with Gasteiger partial charge in [-0.25, -0.2) is 19.6 Å². The van der Waals surface area contributed by atoms with Crippen molar-refractivity contribution in [1.82, 2.24) is 0 Å². The van der Waals surface area contributed by atoms with E-state index in [9.17, 15) is 19.2 Å². The van der Waals surface area contributed by atoms with Gasteiger partial charge < -0.3 is 9.47 Å². The molecule has 0 saturated carbocycles. The zero-order chi connectivity index (χ0) is 26.3. The number of imide groups is 1. The van der Waals surface area contributed by atoms with E-state index >= 15 is 0 Å². The summed E-state index contributed by atoms with van der Waals surface area (Å²) in [6.45, 7) is 3.36. The molecular formula is C27H24N2O7S. The third kappa shape index (κ3) is 3.98. The summed E-state index contributed by atoms with van der Waals surface area (Å²) in [6, 6.07) is 18.0. The Kier molecular flexibility index (Phi) is 6.53. The maximum Gasteiger partial charge on any atom is 0.348 e. The summed E-state index contributed by atoms with van der Waals surface area (Å²) in [7, 11) is 1.20. The van der Waals surface area contributed by atoms with Gasteiger partial charge >= 0.3 is 11.9 Å². The maximum absolute atomic E-state index is 14.0. The van der Waals surface area contributed by atoms with E-state index in [0.29, 0.717) is 5.69 Å². The highest BCUT2D eigenvalue weighted by Gasteiger charge is 2.61. The maximum atomic E-state index is 14.0. The Bertz CT molecular complexity index is 1370. The second kappa shape index (κ2) is 9.79. The number of para-hydroxylation sites is 1. The number of carbonyl (C=O) groups excluding carboxylic acids is 4. The summed E-state index contributed by atoms with van der Waals surface area (Å²) in [5, 5.41) is 1.63. The molecule has 0 bridgehead atoms. The molecule has 3 heterocycles. The number of ether oxygens (including phenoxy) is 2. The number of esters is 2. The zero-order valence-corrected chi connectivity index (χ0v) is 21.2. The third-order valence-corrected chi connectivity index (χ3v) is 7.71. The summed E-state index contributed by atoms with van der Waals surface area (Å²) >= 11 is 0.855. The van der Waals surface area contributed by atoms with Crippen molar-refractivity contribution in [2.24, 2.45) is 5.92 Å². The van der Waals surface area contributed by atoms with Crippen LogP contribution in [0.4, 0.5) is 10.7 Å². The van der Waals surface area contributed by atoms with E-state index in [1.807, 2.05) is 60.7 Å². The molecule has 0 unspecified atom stereocenters. The minimum absolute atomic E-state index is 0.0200.